The van der Waals surface area contributed by atoms with Crippen molar-refractivity contribution in [2.75, 3.05) is 0 Å². The molecule has 0 saturated carbocycles. The smallest absolute Gasteiger partial charge is 0.0348 e. The molecule has 0 heterocycles. The molecule has 1 rings (SSSR count). The Kier molecular flexibility index (Phi) is 15.3. The van der Waals surface area contributed by atoms with Gasteiger partial charge in [-0.2, -0.15) is 0 Å². The van der Waals surface area contributed by atoms with Crippen LogP contribution in [-0.2, 0) is 0 Å². The minimum Gasteiger partial charge on any atom is -0.0845 e. The average Bonchev–Trinajstić information content (AvgIpc) is 2.62. The molecule has 0 aromatic carbocycles. The molecule has 0 unspecified atom stereocenters. The lowest BCUT2D eigenvalue weighted by molar-refractivity contribution is 0.583. The van der Waals surface area contributed by atoms with Crippen LogP contribution in [0.4, 0.5) is 0 Å². The molecule has 0 saturated heterocycles. The second-order valence-electron chi connectivity index (χ2n) is 6.22. The van der Waals surface area contributed by atoms with E-state index < -0.39 is 0 Å². The molecule has 0 spiro atoms. The highest BCUT2D eigenvalue weighted by atomic mass is 14.0. The summed E-state index contributed by atoms with van der Waals surface area (Å²) in [5, 5.41) is 0. The standard InChI is InChI=1S/C25H34/c1-2-4-6-8-10-12-14-16-18-20-22-24-25-23-21-19-17-15-13-11-9-7-5-3-1/h1-16H,17-25H2. The molecule has 0 radical (unpaired) electrons. The Bertz CT molecular complexity index is 470. The zero-order chi connectivity index (χ0) is 17.7. The number of hydrogen-bond donors (Lipinski definition) is 0. The van der Waals surface area contributed by atoms with Gasteiger partial charge in [0.25, 0.3) is 0 Å². The van der Waals surface area contributed by atoms with Crippen LogP contribution < -0.4 is 0 Å². The van der Waals surface area contributed by atoms with Crippen LogP contribution in [0.5, 0.6) is 0 Å². The Morgan fingerprint density at radius 1 is 0.240 bits per heavy atom. The van der Waals surface area contributed by atoms with Crippen molar-refractivity contribution < 1.29 is 0 Å². The van der Waals surface area contributed by atoms with Gasteiger partial charge < -0.3 is 0 Å². The number of rotatable bonds is 0. The van der Waals surface area contributed by atoms with Crippen LogP contribution in [0.3, 0.4) is 0 Å². The molecular weight excluding hydrogens is 300 g/mol. The van der Waals surface area contributed by atoms with Crippen LogP contribution >= 0.6 is 0 Å². The minimum atomic E-state index is 1.20. The molecule has 25 heavy (non-hydrogen) atoms. The van der Waals surface area contributed by atoms with Gasteiger partial charge in [0, 0.05) is 0 Å². The molecule has 0 aliphatic heterocycles. The van der Waals surface area contributed by atoms with E-state index >= 15 is 0 Å². The van der Waals surface area contributed by atoms with Crippen LogP contribution in [0.25, 0.3) is 0 Å². The van der Waals surface area contributed by atoms with Crippen molar-refractivity contribution >= 4 is 0 Å². The Balaban J connectivity index is 2.40. The van der Waals surface area contributed by atoms with Crippen LogP contribution in [-0.4, -0.2) is 0 Å². The predicted octanol–water partition coefficient (Wildman–Crippen LogP) is 7.96. The number of hydrogen-bond acceptors (Lipinski definition) is 0. The van der Waals surface area contributed by atoms with E-state index in [1.54, 1.807) is 0 Å². The maximum Gasteiger partial charge on any atom is -0.0348 e. The highest BCUT2D eigenvalue weighted by molar-refractivity contribution is 5.21. The second-order valence-corrected chi connectivity index (χ2v) is 6.22. The molecule has 134 valence electrons. The van der Waals surface area contributed by atoms with Crippen LogP contribution in [0, 0.1) is 0 Å². The van der Waals surface area contributed by atoms with Crippen molar-refractivity contribution in [3.63, 3.8) is 0 Å². The van der Waals surface area contributed by atoms with E-state index in [1.807, 2.05) is 36.5 Å². The molecule has 0 N–H and O–H groups in total. The van der Waals surface area contributed by atoms with Gasteiger partial charge in [0.15, 0.2) is 0 Å². The number of allylic oxidation sites excluding steroid dienone is 16. The van der Waals surface area contributed by atoms with Crippen molar-refractivity contribution in [3.05, 3.63) is 97.2 Å². The topological polar surface area (TPSA) is 0 Å². The van der Waals surface area contributed by atoms with Gasteiger partial charge in [-0.3, -0.25) is 0 Å². The molecule has 0 nitrogen and oxygen atoms in total. The maximum absolute atomic E-state index is 2.27. The Morgan fingerprint density at radius 3 is 0.800 bits per heavy atom. The zero-order valence-electron chi connectivity index (χ0n) is 15.6. The van der Waals surface area contributed by atoms with Crippen LogP contribution in [0.2, 0.25) is 0 Å². The molecule has 0 bridgehead atoms. The van der Waals surface area contributed by atoms with E-state index in [0.29, 0.717) is 0 Å². The monoisotopic (exact) mass is 334 g/mol. The molecule has 0 atom stereocenters. The van der Waals surface area contributed by atoms with E-state index in [-0.39, 0.29) is 0 Å². The van der Waals surface area contributed by atoms with Gasteiger partial charge in [-0.1, -0.05) is 129 Å². The van der Waals surface area contributed by atoms with Gasteiger partial charge in [0.1, 0.15) is 0 Å². The first-order valence-electron chi connectivity index (χ1n) is 9.82. The van der Waals surface area contributed by atoms with Crippen molar-refractivity contribution in [1.82, 2.24) is 0 Å². The lowest BCUT2D eigenvalue weighted by atomic mass is 10.1. The van der Waals surface area contributed by atoms with Gasteiger partial charge in [-0.05, 0) is 25.7 Å². The molecule has 0 aromatic rings. The van der Waals surface area contributed by atoms with Crippen molar-refractivity contribution in [3.8, 4) is 0 Å². The molecule has 0 aromatic heterocycles. The Morgan fingerprint density at radius 2 is 0.480 bits per heavy atom. The maximum atomic E-state index is 2.27. The Hall–Kier alpha value is -2.08. The zero-order valence-corrected chi connectivity index (χ0v) is 15.6. The lowest BCUT2D eigenvalue weighted by Gasteiger charge is -2.00. The van der Waals surface area contributed by atoms with E-state index in [9.17, 15) is 0 Å². The van der Waals surface area contributed by atoms with Crippen LogP contribution in [0.1, 0.15) is 57.8 Å². The van der Waals surface area contributed by atoms with E-state index in [4.69, 9.17) is 0 Å². The molecule has 0 amide bonds. The normalized spacial score (nSPS) is 18.9. The predicted molar refractivity (Wildman–Crippen MR) is 115 cm³/mol. The molecular formula is C25H34. The Labute approximate surface area is 155 Å². The summed E-state index contributed by atoms with van der Waals surface area (Å²) < 4.78 is 0. The summed E-state index contributed by atoms with van der Waals surface area (Å²) in [6, 6.07) is 0. The largest absolute Gasteiger partial charge is 0.0845 e. The third-order valence-corrected chi connectivity index (χ3v) is 3.96. The first kappa shape index (κ1) is 21.0. The third-order valence-electron chi connectivity index (χ3n) is 3.96. The minimum absolute atomic E-state index is 1.20. The summed E-state index contributed by atoms with van der Waals surface area (Å²) in [5.74, 6) is 0. The summed E-state index contributed by atoms with van der Waals surface area (Å²) in [6.07, 6.45) is 45.5. The van der Waals surface area contributed by atoms with E-state index in [0.717, 1.165) is 0 Å². The highest BCUT2D eigenvalue weighted by Crippen LogP contribution is 2.10. The summed E-state index contributed by atoms with van der Waals surface area (Å²) in [4.78, 5) is 0. The summed E-state index contributed by atoms with van der Waals surface area (Å²) in [5.41, 5.74) is 0. The summed E-state index contributed by atoms with van der Waals surface area (Å²) >= 11 is 0. The summed E-state index contributed by atoms with van der Waals surface area (Å²) in [6.45, 7) is 0. The second kappa shape index (κ2) is 18.3. The van der Waals surface area contributed by atoms with Gasteiger partial charge in [-0.25, -0.2) is 0 Å². The van der Waals surface area contributed by atoms with Gasteiger partial charge in [0.2, 0.25) is 0 Å². The van der Waals surface area contributed by atoms with Crippen LogP contribution in [0.15, 0.2) is 97.2 Å². The molecule has 1 aliphatic carbocycles. The first-order valence-corrected chi connectivity index (χ1v) is 9.82. The highest BCUT2D eigenvalue weighted by Gasteiger charge is 1.90. The molecule has 0 heteroatoms. The average molecular weight is 335 g/mol. The summed E-state index contributed by atoms with van der Waals surface area (Å²) in [7, 11) is 0. The quantitative estimate of drug-likeness (QED) is 0.421. The van der Waals surface area contributed by atoms with Crippen molar-refractivity contribution in [2.45, 2.75) is 57.8 Å². The van der Waals surface area contributed by atoms with E-state index in [2.05, 4.69) is 60.8 Å². The SMILES string of the molecule is C1=CC=CC=CC=CCCCCCCCCCC=CC=CC=CC=C1. The lowest BCUT2D eigenvalue weighted by Crippen LogP contribution is -1.80. The fraction of sp³-hybridized carbons (Fsp3) is 0.360. The fourth-order valence-electron chi connectivity index (χ4n) is 2.53. The first-order chi connectivity index (χ1) is 12.5. The fourth-order valence-corrected chi connectivity index (χ4v) is 2.53. The van der Waals surface area contributed by atoms with E-state index in [1.165, 1.54) is 57.8 Å². The molecule has 0 fully saturated rings. The van der Waals surface area contributed by atoms with Crippen molar-refractivity contribution in [2.24, 2.45) is 0 Å². The third kappa shape index (κ3) is 16.6. The van der Waals surface area contributed by atoms with Gasteiger partial charge in [0.05, 0.1) is 0 Å². The van der Waals surface area contributed by atoms with Crippen molar-refractivity contribution in [1.29, 1.82) is 0 Å². The molecule has 1 aliphatic rings. The van der Waals surface area contributed by atoms with Gasteiger partial charge >= 0.3 is 0 Å². The van der Waals surface area contributed by atoms with Gasteiger partial charge in [-0.15, -0.1) is 0 Å².